The summed E-state index contributed by atoms with van der Waals surface area (Å²) in [6.07, 6.45) is 0. The Labute approximate surface area is 137 Å². The van der Waals surface area contributed by atoms with Crippen molar-refractivity contribution >= 4 is 23.2 Å². The molecule has 0 aliphatic carbocycles. The van der Waals surface area contributed by atoms with E-state index in [0.717, 1.165) is 5.56 Å². The molecule has 0 saturated heterocycles. The molecule has 0 unspecified atom stereocenters. The van der Waals surface area contributed by atoms with Crippen LogP contribution in [0.3, 0.4) is 0 Å². The van der Waals surface area contributed by atoms with Gasteiger partial charge in [0.25, 0.3) is 0 Å². The Bertz CT molecular complexity index is 758. The molecule has 0 fully saturated rings. The van der Waals surface area contributed by atoms with Crippen molar-refractivity contribution in [2.75, 3.05) is 6.61 Å². The fraction of sp³-hybridized carbons (Fsp3) is 0.133. The van der Waals surface area contributed by atoms with E-state index in [0.29, 0.717) is 34.8 Å². The van der Waals surface area contributed by atoms with Crippen molar-refractivity contribution in [1.29, 1.82) is 0 Å². The third kappa shape index (κ3) is 3.75. The van der Waals surface area contributed by atoms with Crippen LogP contribution in [0.15, 0.2) is 48.5 Å². The Kier molecular flexibility index (Phi) is 4.56. The highest BCUT2D eigenvalue weighted by atomic mass is 35.5. The molecule has 112 valence electrons. The van der Waals surface area contributed by atoms with E-state index in [-0.39, 0.29) is 0 Å². The van der Waals surface area contributed by atoms with E-state index in [9.17, 15) is 0 Å². The van der Waals surface area contributed by atoms with Crippen molar-refractivity contribution in [2.24, 2.45) is 0 Å². The van der Waals surface area contributed by atoms with Crippen LogP contribution in [0.2, 0.25) is 10.0 Å². The number of aromatic nitrogens is 4. The lowest BCUT2D eigenvalue weighted by Gasteiger charge is -2.05. The maximum absolute atomic E-state index is 5.89. The summed E-state index contributed by atoms with van der Waals surface area (Å²) in [6, 6.07) is 14.5. The van der Waals surface area contributed by atoms with Crippen molar-refractivity contribution in [3.63, 3.8) is 0 Å². The van der Waals surface area contributed by atoms with E-state index in [1.54, 1.807) is 24.3 Å². The number of tetrazole rings is 1. The second kappa shape index (κ2) is 6.77. The first kappa shape index (κ1) is 14.8. The summed E-state index contributed by atoms with van der Waals surface area (Å²) in [5.74, 6) is 1.27. The van der Waals surface area contributed by atoms with Gasteiger partial charge in [-0.15, -0.1) is 10.2 Å². The maximum atomic E-state index is 5.89. The summed E-state index contributed by atoms with van der Waals surface area (Å²) in [5, 5.41) is 13.6. The van der Waals surface area contributed by atoms with Crippen molar-refractivity contribution in [1.82, 2.24) is 20.2 Å². The number of ether oxygens (including phenoxy) is 1. The van der Waals surface area contributed by atoms with Gasteiger partial charge in [0.2, 0.25) is 5.82 Å². The van der Waals surface area contributed by atoms with E-state index in [4.69, 9.17) is 27.9 Å². The molecule has 0 N–H and O–H groups in total. The molecule has 1 aromatic heterocycles. The van der Waals surface area contributed by atoms with Gasteiger partial charge < -0.3 is 4.74 Å². The van der Waals surface area contributed by atoms with Crippen LogP contribution in [0.25, 0.3) is 11.4 Å². The maximum Gasteiger partial charge on any atom is 0.204 e. The molecule has 2 aromatic carbocycles. The lowest BCUT2D eigenvalue weighted by molar-refractivity contribution is 0.280. The van der Waals surface area contributed by atoms with Crippen LogP contribution in [0.5, 0.6) is 5.75 Å². The summed E-state index contributed by atoms with van der Waals surface area (Å²) >= 11 is 11.7. The lowest BCUT2D eigenvalue weighted by Crippen LogP contribution is -2.11. The molecule has 0 spiro atoms. The van der Waals surface area contributed by atoms with Crippen molar-refractivity contribution in [3.05, 3.63) is 58.6 Å². The minimum Gasteiger partial charge on any atom is -0.492 e. The Morgan fingerprint density at radius 3 is 2.59 bits per heavy atom. The summed E-state index contributed by atoms with van der Waals surface area (Å²) in [7, 11) is 0. The Morgan fingerprint density at radius 1 is 1.00 bits per heavy atom. The number of nitrogens with zero attached hydrogens (tertiary/aromatic N) is 4. The predicted molar refractivity (Wildman–Crippen MR) is 85.2 cm³/mol. The van der Waals surface area contributed by atoms with Crippen LogP contribution >= 0.6 is 23.2 Å². The van der Waals surface area contributed by atoms with Gasteiger partial charge in [-0.05, 0) is 47.7 Å². The number of rotatable bonds is 5. The minimum absolute atomic E-state index is 0.427. The van der Waals surface area contributed by atoms with Gasteiger partial charge in [0.05, 0.1) is 6.54 Å². The van der Waals surface area contributed by atoms with Crippen LogP contribution in [-0.2, 0) is 6.54 Å². The summed E-state index contributed by atoms with van der Waals surface area (Å²) in [6.45, 7) is 0.920. The molecule has 0 bridgehead atoms. The van der Waals surface area contributed by atoms with Crippen LogP contribution < -0.4 is 4.74 Å². The highest BCUT2D eigenvalue weighted by Gasteiger charge is 2.06. The number of halogens is 2. The zero-order valence-electron chi connectivity index (χ0n) is 11.5. The third-order valence-corrected chi connectivity index (χ3v) is 3.40. The van der Waals surface area contributed by atoms with E-state index in [1.165, 1.54) is 4.80 Å². The Balaban J connectivity index is 1.59. The zero-order chi connectivity index (χ0) is 15.4. The third-order valence-electron chi connectivity index (χ3n) is 2.91. The zero-order valence-corrected chi connectivity index (χ0v) is 13.0. The quantitative estimate of drug-likeness (QED) is 0.713. The van der Waals surface area contributed by atoms with Gasteiger partial charge in [0, 0.05) is 15.6 Å². The van der Waals surface area contributed by atoms with Crippen LogP contribution in [0.4, 0.5) is 0 Å². The minimum atomic E-state index is 0.427. The van der Waals surface area contributed by atoms with Gasteiger partial charge in [-0.25, -0.2) is 0 Å². The second-order valence-corrected chi connectivity index (χ2v) is 5.39. The van der Waals surface area contributed by atoms with E-state index < -0.39 is 0 Å². The van der Waals surface area contributed by atoms with Gasteiger partial charge in [-0.3, -0.25) is 0 Å². The Hall–Kier alpha value is -2.11. The molecule has 3 aromatic rings. The van der Waals surface area contributed by atoms with Gasteiger partial charge in [-0.2, -0.15) is 4.80 Å². The SMILES string of the molecule is Clc1ccc(-c2nnn(CCOc3cccc(Cl)c3)n2)cc1. The van der Waals surface area contributed by atoms with Crippen molar-refractivity contribution in [3.8, 4) is 17.1 Å². The molecule has 7 heteroatoms. The molecule has 3 rings (SSSR count). The largest absolute Gasteiger partial charge is 0.492 e. The monoisotopic (exact) mass is 334 g/mol. The van der Waals surface area contributed by atoms with E-state index in [2.05, 4.69) is 15.4 Å². The first-order valence-corrected chi connectivity index (χ1v) is 7.38. The lowest BCUT2D eigenvalue weighted by atomic mass is 10.2. The van der Waals surface area contributed by atoms with Gasteiger partial charge in [0.15, 0.2) is 0 Å². The number of hydrogen-bond acceptors (Lipinski definition) is 4. The van der Waals surface area contributed by atoms with Gasteiger partial charge in [0.1, 0.15) is 12.4 Å². The highest BCUT2D eigenvalue weighted by Crippen LogP contribution is 2.18. The Morgan fingerprint density at radius 2 is 1.82 bits per heavy atom. The standard InChI is InChI=1S/C15H12Cl2N4O/c16-12-6-4-11(5-7-12)15-18-20-21(19-15)8-9-22-14-3-1-2-13(17)10-14/h1-7,10H,8-9H2. The molecule has 0 saturated carbocycles. The normalized spacial score (nSPS) is 10.6. The second-order valence-electron chi connectivity index (χ2n) is 4.52. The molecule has 0 radical (unpaired) electrons. The van der Waals surface area contributed by atoms with Crippen LogP contribution in [-0.4, -0.2) is 26.8 Å². The average Bonchev–Trinajstić information content (AvgIpc) is 2.97. The average molecular weight is 335 g/mol. The summed E-state index contributed by atoms with van der Waals surface area (Å²) in [4.78, 5) is 1.49. The molecular formula is C15H12Cl2N4O. The summed E-state index contributed by atoms with van der Waals surface area (Å²) < 4.78 is 5.59. The molecule has 0 atom stereocenters. The first-order chi connectivity index (χ1) is 10.7. The van der Waals surface area contributed by atoms with Crippen molar-refractivity contribution < 1.29 is 4.74 Å². The van der Waals surface area contributed by atoms with Crippen LogP contribution in [0.1, 0.15) is 0 Å². The molecule has 22 heavy (non-hydrogen) atoms. The molecule has 1 heterocycles. The first-order valence-electron chi connectivity index (χ1n) is 6.63. The topological polar surface area (TPSA) is 52.8 Å². The van der Waals surface area contributed by atoms with Gasteiger partial charge >= 0.3 is 0 Å². The van der Waals surface area contributed by atoms with Crippen LogP contribution in [0, 0.1) is 0 Å². The molecule has 0 amide bonds. The predicted octanol–water partition coefficient (Wildman–Crippen LogP) is 3.73. The highest BCUT2D eigenvalue weighted by molar-refractivity contribution is 6.30. The number of hydrogen-bond donors (Lipinski definition) is 0. The van der Waals surface area contributed by atoms with E-state index in [1.807, 2.05) is 24.3 Å². The summed E-state index contributed by atoms with van der Waals surface area (Å²) in [5.41, 5.74) is 0.867. The van der Waals surface area contributed by atoms with E-state index >= 15 is 0 Å². The van der Waals surface area contributed by atoms with Gasteiger partial charge in [-0.1, -0.05) is 29.3 Å². The molecule has 0 aliphatic heterocycles. The smallest absolute Gasteiger partial charge is 0.204 e. The molecule has 0 aliphatic rings. The molecular weight excluding hydrogens is 323 g/mol. The fourth-order valence-electron chi connectivity index (χ4n) is 1.85. The van der Waals surface area contributed by atoms with Crippen molar-refractivity contribution in [2.45, 2.75) is 6.54 Å². The molecule has 5 nitrogen and oxygen atoms in total. The number of benzene rings is 2. The fourth-order valence-corrected chi connectivity index (χ4v) is 2.16.